The molecule has 0 radical (unpaired) electrons. The summed E-state index contributed by atoms with van der Waals surface area (Å²) in [5.74, 6) is 0. The van der Waals surface area contributed by atoms with Crippen molar-refractivity contribution in [3.63, 3.8) is 0 Å². The average molecular weight is 360 g/mol. The van der Waals surface area contributed by atoms with Crippen LogP contribution in [0.25, 0.3) is 0 Å². The van der Waals surface area contributed by atoms with Gasteiger partial charge in [0.1, 0.15) is 11.4 Å². The molecular formula is C10H13ClF3N5O2S. The highest BCUT2D eigenvalue weighted by Crippen LogP contribution is 2.17. The summed E-state index contributed by atoms with van der Waals surface area (Å²) in [5, 5.41) is 7.13. The Bertz CT molecular complexity index is 710. The van der Waals surface area contributed by atoms with Gasteiger partial charge in [-0.15, -0.1) is 0 Å². The minimum Gasteiger partial charge on any atom is -0.396 e. The Labute approximate surface area is 128 Å². The summed E-state index contributed by atoms with van der Waals surface area (Å²) in [6, 6.07) is 0. The molecule has 0 saturated heterocycles. The van der Waals surface area contributed by atoms with Crippen molar-refractivity contribution in [3.05, 3.63) is 24.8 Å². The van der Waals surface area contributed by atoms with Gasteiger partial charge in [-0.25, -0.2) is 8.42 Å². The summed E-state index contributed by atoms with van der Waals surface area (Å²) < 4.78 is 58.5. The van der Waals surface area contributed by atoms with Gasteiger partial charge in [0, 0.05) is 29.6 Å². The molecule has 0 atom stereocenters. The van der Waals surface area contributed by atoms with Crippen molar-refractivity contribution >= 4 is 25.4 Å². The fourth-order valence-electron chi connectivity index (χ4n) is 1.29. The largest absolute Gasteiger partial charge is 0.408 e. The molecule has 0 amide bonds. The van der Waals surface area contributed by atoms with Gasteiger partial charge < -0.3 is 5.73 Å². The van der Waals surface area contributed by atoms with Crippen molar-refractivity contribution in [2.45, 2.75) is 31.1 Å². The Balaban J connectivity index is 0.000000220. The second-order valence-corrected chi connectivity index (χ2v) is 6.62. The number of hydrogen-bond donors (Lipinski definition) is 1. The van der Waals surface area contributed by atoms with Crippen LogP contribution in [0.5, 0.6) is 0 Å². The molecule has 0 fully saturated rings. The summed E-state index contributed by atoms with van der Waals surface area (Å²) in [4.78, 5) is 0.0426. The SMILES string of the molecule is CCn1cc(S(=O)(=O)Cl)cn1.Nc1cnn(CC(F)(F)F)c1. The molecule has 0 aliphatic rings. The molecule has 2 aromatic rings. The van der Waals surface area contributed by atoms with Crippen LogP contribution < -0.4 is 5.73 Å². The Morgan fingerprint density at radius 2 is 1.82 bits per heavy atom. The van der Waals surface area contributed by atoms with E-state index < -0.39 is 21.8 Å². The van der Waals surface area contributed by atoms with Crippen LogP contribution in [0.3, 0.4) is 0 Å². The highest BCUT2D eigenvalue weighted by Gasteiger charge is 2.28. The van der Waals surface area contributed by atoms with Crippen molar-refractivity contribution in [2.24, 2.45) is 0 Å². The van der Waals surface area contributed by atoms with E-state index in [2.05, 4.69) is 10.2 Å². The standard InChI is InChI=1S/C5H7ClN2O2S.C5H6F3N3/c1-2-8-4-5(3-7-8)11(6,9)10;6-5(7,8)3-11-2-4(9)1-10-11/h3-4H,2H2,1H3;1-2H,3,9H2. The number of halogens is 4. The van der Waals surface area contributed by atoms with Gasteiger partial charge in [-0.2, -0.15) is 23.4 Å². The molecule has 0 unspecified atom stereocenters. The van der Waals surface area contributed by atoms with Crippen LogP contribution >= 0.6 is 10.7 Å². The fraction of sp³-hybridized carbons (Fsp3) is 0.400. The zero-order valence-electron chi connectivity index (χ0n) is 11.3. The van der Waals surface area contributed by atoms with Gasteiger partial charge in [-0.1, -0.05) is 0 Å². The lowest BCUT2D eigenvalue weighted by molar-refractivity contribution is -0.142. The van der Waals surface area contributed by atoms with E-state index in [1.807, 2.05) is 6.92 Å². The summed E-state index contributed by atoms with van der Waals surface area (Å²) in [7, 11) is 1.44. The number of hydrogen-bond acceptors (Lipinski definition) is 5. The number of rotatable bonds is 3. The maximum absolute atomic E-state index is 11.6. The van der Waals surface area contributed by atoms with Gasteiger partial charge in [0.05, 0.1) is 18.1 Å². The maximum Gasteiger partial charge on any atom is 0.408 e. The second kappa shape index (κ2) is 7.01. The van der Waals surface area contributed by atoms with Crippen LogP contribution in [0, 0.1) is 0 Å². The minimum atomic E-state index is -4.24. The van der Waals surface area contributed by atoms with E-state index in [1.54, 1.807) is 0 Å². The number of alkyl halides is 3. The monoisotopic (exact) mass is 359 g/mol. The molecule has 124 valence electrons. The van der Waals surface area contributed by atoms with Gasteiger partial charge in [0.25, 0.3) is 9.05 Å². The Morgan fingerprint density at radius 1 is 1.23 bits per heavy atom. The van der Waals surface area contributed by atoms with Crippen LogP contribution in [0.2, 0.25) is 0 Å². The van der Waals surface area contributed by atoms with Gasteiger partial charge in [0.2, 0.25) is 0 Å². The second-order valence-electron chi connectivity index (χ2n) is 4.06. The highest BCUT2D eigenvalue weighted by atomic mass is 35.7. The quantitative estimate of drug-likeness (QED) is 0.844. The van der Waals surface area contributed by atoms with Gasteiger partial charge in [-0.05, 0) is 6.92 Å². The van der Waals surface area contributed by atoms with E-state index in [4.69, 9.17) is 16.4 Å². The molecule has 22 heavy (non-hydrogen) atoms. The number of nitrogen functional groups attached to an aromatic ring is 1. The number of nitrogens with two attached hydrogens (primary N) is 1. The topological polar surface area (TPSA) is 95.8 Å². The van der Waals surface area contributed by atoms with Crippen LogP contribution in [-0.2, 0) is 22.1 Å². The molecule has 0 bridgehead atoms. The van der Waals surface area contributed by atoms with Crippen LogP contribution in [-0.4, -0.2) is 34.2 Å². The number of aromatic nitrogens is 4. The third-order valence-corrected chi connectivity index (χ3v) is 3.52. The first-order chi connectivity index (χ1) is 10.0. The maximum atomic E-state index is 11.6. The molecule has 0 saturated carbocycles. The molecule has 2 N–H and O–H groups in total. The van der Waals surface area contributed by atoms with Gasteiger partial charge in [-0.3, -0.25) is 9.36 Å². The molecule has 0 aliphatic carbocycles. The Kier molecular flexibility index (Phi) is 5.83. The Morgan fingerprint density at radius 3 is 2.14 bits per heavy atom. The van der Waals surface area contributed by atoms with E-state index in [1.165, 1.54) is 23.3 Å². The van der Waals surface area contributed by atoms with Crippen molar-refractivity contribution in [1.82, 2.24) is 19.6 Å². The lowest BCUT2D eigenvalue weighted by atomic mass is 10.6. The minimum absolute atomic E-state index is 0.0426. The van der Waals surface area contributed by atoms with E-state index in [-0.39, 0.29) is 10.6 Å². The summed E-state index contributed by atoms with van der Waals surface area (Å²) in [5.41, 5.74) is 5.38. The highest BCUT2D eigenvalue weighted by molar-refractivity contribution is 8.13. The number of nitrogens with zero attached hydrogens (tertiary/aromatic N) is 4. The van der Waals surface area contributed by atoms with Gasteiger partial charge in [0.15, 0.2) is 0 Å². The lowest BCUT2D eigenvalue weighted by Gasteiger charge is -2.04. The van der Waals surface area contributed by atoms with Crippen LogP contribution in [0.4, 0.5) is 18.9 Å². The predicted molar refractivity (Wildman–Crippen MR) is 73.6 cm³/mol. The molecule has 0 aromatic carbocycles. The first-order valence-electron chi connectivity index (χ1n) is 5.83. The predicted octanol–water partition coefficient (Wildman–Crippen LogP) is 1.86. The van der Waals surface area contributed by atoms with Crippen molar-refractivity contribution < 1.29 is 21.6 Å². The summed E-state index contributed by atoms with van der Waals surface area (Å²) in [6.45, 7) is 1.40. The Hall–Kier alpha value is -1.75. The number of aryl methyl sites for hydroxylation is 1. The smallest absolute Gasteiger partial charge is 0.396 e. The molecule has 2 rings (SSSR count). The van der Waals surface area contributed by atoms with Crippen molar-refractivity contribution in [2.75, 3.05) is 5.73 Å². The van der Waals surface area contributed by atoms with E-state index in [0.29, 0.717) is 6.54 Å². The lowest BCUT2D eigenvalue weighted by Crippen LogP contribution is -2.17. The molecule has 2 aromatic heterocycles. The first kappa shape index (κ1) is 18.3. The van der Waals surface area contributed by atoms with Crippen LogP contribution in [0.1, 0.15) is 6.92 Å². The third kappa shape index (κ3) is 6.35. The number of anilines is 1. The fourth-order valence-corrected chi connectivity index (χ4v) is 1.95. The average Bonchev–Trinajstić information content (AvgIpc) is 2.96. The zero-order valence-corrected chi connectivity index (χ0v) is 12.9. The molecular weight excluding hydrogens is 347 g/mol. The molecule has 0 aliphatic heterocycles. The van der Waals surface area contributed by atoms with E-state index >= 15 is 0 Å². The third-order valence-electron chi connectivity index (χ3n) is 2.21. The molecule has 0 spiro atoms. The normalized spacial score (nSPS) is 11.9. The summed E-state index contributed by atoms with van der Waals surface area (Å²) >= 11 is 0. The first-order valence-corrected chi connectivity index (χ1v) is 8.14. The van der Waals surface area contributed by atoms with Crippen molar-refractivity contribution in [3.8, 4) is 0 Å². The zero-order chi connectivity index (χ0) is 17.0. The molecule has 2 heterocycles. The van der Waals surface area contributed by atoms with E-state index in [9.17, 15) is 21.6 Å². The molecule has 12 heteroatoms. The van der Waals surface area contributed by atoms with E-state index in [0.717, 1.165) is 10.9 Å². The molecule has 7 nitrogen and oxygen atoms in total. The van der Waals surface area contributed by atoms with Crippen molar-refractivity contribution in [1.29, 1.82) is 0 Å². The van der Waals surface area contributed by atoms with Crippen LogP contribution in [0.15, 0.2) is 29.7 Å². The summed E-state index contributed by atoms with van der Waals surface area (Å²) in [6.07, 6.45) is 0.686. The van der Waals surface area contributed by atoms with Gasteiger partial charge >= 0.3 is 6.18 Å².